The Morgan fingerprint density at radius 3 is 1.17 bits per heavy atom. The summed E-state index contributed by atoms with van der Waals surface area (Å²) in [6.45, 7) is 0. The predicted octanol–water partition coefficient (Wildman–Crippen LogP) is 6.35. The molecular weight excluding hydrogens is 536 g/mol. The van der Waals surface area contributed by atoms with E-state index in [4.69, 9.17) is 28.4 Å². The normalized spacial score (nSPS) is 12.8. The summed E-state index contributed by atoms with van der Waals surface area (Å²) in [6.07, 6.45) is 2.60. The molecular formula is C34H34O8. The van der Waals surface area contributed by atoms with Gasteiger partial charge in [0.15, 0.2) is 23.0 Å². The van der Waals surface area contributed by atoms with Crippen LogP contribution < -0.4 is 28.4 Å². The third-order valence-corrected chi connectivity index (χ3v) is 8.50. The van der Waals surface area contributed by atoms with Gasteiger partial charge in [0.1, 0.15) is 11.5 Å². The van der Waals surface area contributed by atoms with Crippen molar-refractivity contribution < 1.29 is 38.6 Å². The highest BCUT2D eigenvalue weighted by atomic mass is 16.5. The number of phenolic OH excluding ortho intramolecular Hbond substituents is 2. The Morgan fingerprint density at radius 1 is 0.452 bits per heavy atom. The number of aryl methyl sites for hydroxylation is 2. The molecule has 42 heavy (non-hydrogen) atoms. The summed E-state index contributed by atoms with van der Waals surface area (Å²) in [5, 5.41) is 23.8. The van der Waals surface area contributed by atoms with Crippen molar-refractivity contribution in [3.8, 4) is 79.4 Å². The fourth-order valence-corrected chi connectivity index (χ4v) is 6.67. The number of rotatable bonds is 7. The molecule has 4 aromatic rings. The number of hydrogen-bond donors (Lipinski definition) is 2. The number of fused-ring (bicyclic) bond motifs is 6. The van der Waals surface area contributed by atoms with E-state index in [1.807, 2.05) is 36.4 Å². The van der Waals surface area contributed by atoms with E-state index >= 15 is 0 Å². The maximum atomic E-state index is 11.9. The van der Waals surface area contributed by atoms with Crippen LogP contribution in [0, 0.1) is 0 Å². The van der Waals surface area contributed by atoms with Crippen LogP contribution in [0.25, 0.3) is 33.4 Å². The number of ether oxygens (including phenoxy) is 6. The van der Waals surface area contributed by atoms with Gasteiger partial charge >= 0.3 is 0 Å². The van der Waals surface area contributed by atoms with Gasteiger partial charge in [-0.3, -0.25) is 0 Å². The van der Waals surface area contributed by atoms with E-state index in [0.29, 0.717) is 48.3 Å². The van der Waals surface area contributed by atoms with Crippen molar-refractivity contribution in [3.05, 3.63) is 58.7 Å². The fraction of sp³-hybridized carbons (Fsp3) is 0.294. The molecule has 0 aliphatic heterocycles. The van der Waals surface area contributed by atoms with Crippen LogP contribution in [0.4, 0.5) is 0 Å². The Morgan fingerprint density at radius 2 is 0.833 bits per heavy atom. The van der Waals surface area contributed by atoms with Crippen LogP contribution in [0.3, 0.4) is 0 Å². The first-order valence-electron chi connectivity index (χ1n) is 13.8. The largest absolute Gasteiger partial charge is 0.504 e. The van der Waals surface area contributed by atoms with Crippen LogP contribution in [0.2, 0.25) is 0 Å². The summed E-state index contributed by atoms with van der Waals surface area (Å²) in [6, 6.07) is 11.9. The summed E-state index contributed by atoms with van der Waals surface area (Å²) >= 11 is 0. The number of hydrogen-bond acceptors (Lipinski definition) is 8. The number of benzene rings is 4. The number of methoxy groups -OCH3 is 6. The van der Waals surface area contributed by atoms with Crippen LogP contribution in [0.15, 0.2) is 36.4 Å². The zero-order valence-corrected chi connectivity index (χ0v) is 24.6. The molecule has 4 aromatic carbocycles. The van der Waals surface area contributed by atoms with Gasteiger partial charge in [-0.05, 0) is 83.3 Å². The Kier molecular flexibility index (Phi) is 6.93. The summed E-state index contributed by atoms with van der Waals surface area (Å²) < 4.78 is 34.3. The maximum Gasteiger partial charge on any atom is 0.204 e. The third kappa shape index (κ3) is 3.89. The van der Waals surface area contributed by atoms with Gasteiger partial charge in [0.2, 0.25) is 11.5 Å². The summed E-state index contributed by atoms with van der Waals surface area (Å²) in [5.74, 6) is 2.59. The zero-order valence-electron chi connectivity index (χ0n) is 24.6. The summed E-state index contributed by atoms with van der Waals surface area (Å²) in [7, 11) is 9.43. The van der Waals surface area contributed by atoms with Crippen molar-refractivity contribution in [1.82, 2.24) is 0 Å². The molecule has 0 fully saturated rings. The molecule has 0 spiro atoms. The van der Waals surface area contributed by atoms with Gasteiger partial charge in [-0.25, -0.2) is 0 Å². The molecule has 0 saturated carbocycles. The van der Waals surface area contributed by atoms with Crippen molar-refractivity contribution in [2.75, 3.05) is 42.7 Å². The second-order valence-corrected chi connectivity index (χ2v) is 10.3. The van der Waals surface area contributed by atoms with Crippen molar-refractivity contribution in [3.63, 3.8) is 0 Å². The lowest BCUT2D eigenvalue weighted by Crippen LogP contribution is -2.12. The Bertz CT molecular complexity index is 1600. The monoisotopic (exact) mass is 570 g/mol. The van der Waals surface area contributed by atoms with Gasteiger partial charge in [0.05, 0.1) is 42.7 Å². The lowest BCUT2D eigenvalue weighted by Gasteiger charge is -2.31. The van der Waals surface area contributed by atoms with Crippen molar-refractivity contribution in [1.29, 1.82) is 0 Å². The molecule has 0 saturated heterocycles. The van der Waals surface area contributed by atoms with Crippen LogP contribution in [-0.2, 0) is 25.7 Å². The molecule has 0 heterocycles. The topological polar surface area (TPSA) is 95.8 Å². The first kappa shape index (κ1) is 27.4. The average molecular weight is 571 g/mol. The molecule has 0 radical (unpaired) electrons. The molecule has 218 valence electrons. The van der Waals surface area contributed by atoms with E-state index in [0.717, 1.165) is 56.0 Å². The van der Waals surface area contributed by atoms with Crippen LogP contribution in [-0.4, -0.2) is 52.9 Å². The van der Waals surface area contributed by atoms with Gasteiger partial charge in [0, 0.05) is 22.3 Å². The minimum Gasteiger partial charge on any atom is -0.504 e. The smallest absolute Gasteiger partial charge is 0.204 e. The molecule has 0 bridgehead atoms. The van der Waals surface area contributed by atoms with Crippen LogP contribution in [0.5, 0.6) is 46.0 Å². The Labute approximate surface area is 245 Å². The number of phenols is 2. The molecule has 2 aliphatic carbocycles. The van der Waals surface area contributed by atoms with Crippen LogP contribution in [0.1, 0.15) is 22.3 Å². The van der Waals surface area contributed by atoms with E-state index in [1.54, 1.807) is 28.4 Å². The highest BCUT2D eigenvalue weighted by molar-refractivity contribution is 5.99. The zero-order chi connectivity index (χ0) is 29.7. The van der Waals surface area contributed by atoms with Crippen molar-refractivity contribution in [2.24, 2.45) is 0 Å². The van der Waals surface area contributed by atoms with E-state index < -0.39 is 0 Å². The molecule has 2 aliphatic rings. The van der Waals surface area contributed by atoms with Crippen LogP contribution >= 0.6 is 0 Å². The second-order valence-electron chi connectivity index (χ2n) is 10.3. The molecule has 2 N–H and O–H groups in total. The van der Waals surface area contributed by atoms with E-state index in [1.165, 1.54) is 14.2 Å². The molecule has 0 aromatic heterocycles. The predicted molar refractivity (Wildman–Crippen MR) is 160 cm³/mol. The molecule has 0 unspecified atom stereocenters. The van der Waals surface area contributed by atoms with Crippen molar-refractivity contribution in [2.45, 2.75) is 25.7 Å². The van der Waals surface area contributed by atoms with E-state index in [9.17, 15) is 10.2 Å². The Balaban J connectivity index is 1.75. The quantitative estimate of drug-likeness (QED) is 0.266. The highest BCUT2D eigenvalue weighted by Gasteiger charge is 2.37. The standard InChI is InChI=1S/C34H34O8/c1-37-19-9-13-21-17(15-19)7-11-23-25(21)31(39-3)33(41-5)29(35)27(23)28-24-12-8-18-16-20(38-2)10-14-22(18)26(24)32(40-4)34(42-6)30(28)36/h9-10,13-16,35-36H,7-8,11-12H2,1-6H3. The van der Waals surface area contributed by atoms with Gasteiger partial charge in [0.25, 0.3) is 0 Å². The minimum absolute atomic E-state index is 0.102. The minimum atomic E-state index is -0.102. The first-order valence-corrected chi connectivity index (χ1v) is 13.8. The summed E-state index contributed by atoms with van der Waals surface area (Å²) in [4.78, 5) is 0. The fourth-order valence-electron chi connectivity index (χ4n) is 6.67. The van der Waals surface area contributed by atoms with Crippen molar-refractivity contribution >= 4 is 0 Å². The summed E-state index contributed by atoms with van der Waals surface area (Å²) in [5.41, 5.74) is 8.44. The van der Waals surface area contributed by atoms with Gasteiger partial charge in [-0.1, -0.05) is 12.1 Å². The SMILES string of the molecule is COc1ccc2c(c1)CCc1c(-c3c(O)c(OC)c(OC)c4c3CCc3cc(OC)ccc3-4)c(O)c(OC)c(OC)c1-2. The highest BCUT2D eigenvalue weighted by Crippen LogP contribution is 2.61. The Hall–Kier alpha value is -4.72. The second kappa shape index (κ2) is 10.6. The van der Waals surface area contributed by atoms with Gasteiger partial charge < -0.3 is 38.6 Å². The molecule has 8 heteroatoms. The van der Waals surface area contributed by atoms with Gasteiger partial charge in [-0.2, -0.15) is 0 Å². The lowest BCUT2D eigenvalue weighted by atomic mass is 9.76. The van der Waals surface area contributed by atoms with E-state index in [-0.39, 0.29) is 23.0 Å². The van der Waals surface area contributed by atoms with E-state index in [2.05, 4.69) is 0 Å². The van der Waals surface area contributed by atoms with Gasteiger partial charge in [-0.15, -0.1) is 0 Å². The molecule has 0 atom stereocenters. The lowest BCUT2D eigenvalue weighted by molar-refractivity contribution is 0.331. The third-order valence-electron chi connectivity index (χ3n) is 8.50. The average Bonchev–Trinajstić information content (AvgIpc) is 3.03. The number of aromatic hydroxyl groups is 2. The molecule has 8 nitrogen and oxygen atoms in total. The maximum absolute atomic E-state index is 11.9. The first-order chi connectivity index (χ1) is 20.4. The molecule has 0 amide bonds. The molecule has 6 rings (SSSR count).